The number of fused-ring (bicyclic) bond motifs is 1. The number of pyridine rings is 1. The van der Waals surface area contributed by atoms with Crippen LogP contribution < -0.4 is 4.74 Å². The van der Waals surface area contributed by atoms with Crippen LogP contribution in [-0.2, 0) is 16.1 Å². The number of carbonyl (C=O) groups excluding carboxylic acids is 1. The minimum Gasteiger partial charge on any atom is -0.493 e. The smallest absolute Gasteiger partial charge is 0.309 e. The summed E-state index contributed by atoms with van der Waals surface area (Å²) in [6, 6.07) is 11.7. The first-order valence-electron chi connectivity index (χ1n) is 7.90. The third-order valence-corrected chi connectivity index (χ3v) is 3.70. The molecule has 1 aromatic carbocycles. The maximum atomic E-state index is 11.8. The fourth-order valence-electron chi connectivity index (χ4n) is 2.39. The van der Waals surface area contributed by atoms with E-state index in [-0.39, 0.29) is 19.0 Å². The van der Waals surface area contributed by atoms with Crippen LogP contribution in [0.2, 0.25) is 0 Å². The van der Waals surface area contributed by atoms with Crippen LogP contribution in [0.5, 0.6) is 5.75 Å². The number of imidazole rings is 1. The highest BCUT2D eigenvalue weighted by molar-refractivity contribution is 5.69. The average molecular weight is 324 g/mol. The molecule has 0 radical (unpaired) electrons. The van der Waals surface area contributed by atoms with E-state index in [0.717, 1.165) is 22.7 Å². The number of nitrogens with zero attached hydrogens (tertiary/aromatic N) is 2. The molecular formula is C19H20N2O3. The first-order valence-corrected chi connectivity index (χ1v) is 7.90. The quantitative estimate of drug-likeness (QED) is 0.652. The zero-order valence-electron chi connectivity index (χ0n) is 13.9. The number of aromatic nitrogens is 2. The molecular weight excluding hydrogens is 304 g/mol. The van der Waals surface area contributed by atoms with Crippen molar-refractivity contribution in [3.05, 3.63) is 65.6 Å². The molecule has 0 amide bonds. The zero-order chi connectivity index (χ0) is 16.9. The fourth-order valence-corrected chi connectivity index (χ4v) is 2.39. The minimum absolute atomic E-state index is 0.171. The van der Waals surface area contributed by atoms with E-state index in [9.17, 15) is 4.79 Å². The third kappa shape index (κ3) is 3.93. The van der Waals surface area contributed by atoms with Gasteiger partial charge in [0.25, 0.3) is 0 Å². The molecule has 0 atom stereocenters. The van der Waals surface area contributed by atoms with Crippen molar-refractivity contribution in [1.29, 1.82) is 0 Å². The van der Waals surface area contributed by atoms with E-state index in [4.69, 9.17) is 9.47 Å². The van der Waals surface area contributed by atoms with Gasteiger partial charge in [-0.2, -0.15) is 0 Å². The van der Waals surface area contributed by atoms with Crippen LogP contribution in [0, 0.1) is 13.8 Å². The molecule has 0 aliphatic rings. The molecule has 5 heteroatoms. The Labute approximate surface area is 140 Å². The lowest BCUT2D eigenvalue weighted by Crippen LogP contribution is -2.10. The van der Waals surface area contributed by atoms with Gasteiger partial charge in [0.1, 0.15) is 18.0 Å². The second-order valence-electron chi connectivity index (χ2n) is 5.73. The number of carbonyl (C=O) groups is 1. The van der Waals surface area contributed by atoms with E-state index in [1.165, 1.54) is 5.56 Å². The molecule has 124 valence electrons. The highest BCUT2D eigenvalue weighted by atomic mass is 16.5. The first kappa shape index (κ1) is 16.1. The first-order chi connectivity index (χ1) is 11.6. The Morgan fingerprint density at radius 3 is 2.71 bits per heavy atom. The van der Waals surface area contributed by atoms with Crippen molar-refractivity contribution >= 4 is 11.6 Å². The maximum absolute atomic E-state index is 11.8. The number of ether oxygens (including phenoxy) is 2. The van der Waals surface area contributed by atoms with Gasteiger partial charge in [-0.3, -0.25) is 4.79 Å². The summed E-state index contributed by atoms with van der Waals surface area (Å²) in [7, 11) is 0. The second kappa shape index (κ2) is 7.17. The third-order valence-electron chi connectivity index (χ3n) is 3.70. The van der Waals surface area contributed by atoms with Gasteiger partial charge >= 0.3 is 5.97 Å². The van der Waals surface area contributed by atoms with Crippen LogP contribution in [0.15, 0.2) is 48.8 Å². The number of hydrogen-bond donors (Lipinski definition) is 0. The van der Waals surface area contributed by atoms with E-state index < -0.39 is 0 Å². The van der Waals surface area contributed by atoms with Gasteiger partial charge in [-0.05, 0) is 37.6 Å². The topological polar surface area (TPSA) is 52.8 Å². The van der Waals surface area contributed by atoms with Gasteiger partial charge in [0.15, 0.2) is 0 Å². The summed E-state index contributed by atoms with van der Waals surface area (Å²) < 4.78 is 12.7. The van der Waals surface area contributed by atoms with Crippen LogP contribution in [0.25, 0.3) is 5.65 Å². The number of benzene rings is 1. The van der Waals surface area contributed by atoms with E-state index in [0.29, 0.717) is 6.61 Å². The van der Waals surface area contributed by atoms with Crippen LogP contribution >= 0.6 is 0 Å². The van der Waals surface area contributed by atoms with Crippen molar-refractivity contribution in [2.45, 2.75) is 26.9 Å². The lowest BCUT2D eigenvalue weighted by molar-refractivity contribution is -0.145. The van der Waals surface area contributed by atoms with Crippen LogP contribution in [-0.4, -0.2) is 22.0 Å². The van der Waals surface area contributed by atoms with Crippen LogP contribution in [0.4, 0.5) is 0 Å². The van der Waals surface area contributed by atoms with Crippen molar-refractivity contribution in [3.63, 3.8) is 0 Å². The summed E-state index contributed by atoms with van der Waals surface area (Å²) in [5, 5.41) is 0. The molecule has 24 heavy (non-hydrogen) atoms. The van der Waals surface area contributed by atoms with Crippen molar-refractivity contribution in [1.82, 2.24) is 9.38 Å². The summed E-state index contributed by atoms with van der Waals surface area (Å²) >= 11 is 0. The predicted octanol–water partition coefficient (Wildman–Crippen LogP) is 3.46. The molecule has 0 N–H and O–H groups in total. The molecule has 0 saturated carbocycles. The maximum Gasteiger partial charge on any atom is 0.309 e. The van der Waals surface area contributed by atoms with Gasteiger partial charge < -0.3 is 13.9 Å². The average Bonchev–Trinajstić information content (AvgIpc) is 2.99. The van der Waals surface area contributed by atoms with Crippen molar-refractivity contribution in [3.8, 4) is 5.75 Å². The monoisotopic (exact) mass is 324 g/mol. The molecule has 2 heterocycles. The van der Waals surface area contributed by atoms with Crippen LogP contribution in [0.1, 0.15) is 23.2 Å². The summed E-state index contributed by atoms with van der Waals surface area (Å²) in [5.41, 5.74) is 3.87. The van der Waals surface area contributed by atoms with Gasteiger partial charge in [0, 0.05) is 12.4 Å². The number of hydrogen-bond acceptors (Lipinski definition) is 4. The van der Waals surface area contributed by atoms with E-state index in [1.54, 1.807) is 0 Å². The fraction of sp³-hybridized carbons (Fsp3) is 0.263. The number of aryl methyl sites for hydroxylation is 2. The van der Waals surface area contributed by atoms with Gasteiger partial charge in [0.05, 0.1) is 18.7 Å². The molecule has 0 aliphatic heterocycles. The van der Waals surface area contributed by atoms with Crippen LogP contribution in [0.3, 0.4) is 0 Å². The molecule has 3 aromatic rings. The lowest BCUT2D eigenvalue weighted by Gasteiger charge is -2.06. The standard InChI is InChI=1S/C19H20N2O3/c1-14-5-7-17(8-6-14)23-11-9-18(22)24-13-16-12-21-10-3-4-15(2)19(21)20-16/h3-8,10,12H,9,11,13H2,1-2H3. The molecule has 0 fully saturated rings. The summed E-state index contributed by atoms with van der Waals surface area (Å²) in [4.78, 5) is 16.3. The normalized spacial score (nSPS) is 10.8. The lowest BCUT2D eigenvalue weighted by atomic mass is 10.2. The van der Waals surface area contributed by atoms with Crippen molar-refractivity contribution < 1.29 is 14.3 Å². The SMILES string of the molecule is Cc1ccc(OCCC(=O)OCc2cn3cccc(C)c3n2)cc1. The molecule has 0 spiro atoms. The van der Waals surface area contributed by atoms with Gasteiger partial charge in [-0.15, -0.1) is 0 Å². The zero-order valence-corrected chi connectivity index (χ0v) is 13.9. The summed E-state index contributed by atoms with van der Waals surface area (Å²) in [6.07, 6.45) is 4.01. The minimum atomic E-state index is -0.295. The van der Waals surface area contributed by atoms with Gasteiger partial charge in [0.2, 0.25) is 0 Å². The summed E-state index contributed by atoms with van der Waals surface area (Å²) in [6.45, 7) is 4.49. The van der Waals surface area contributed by atoms with E-state index >= 15 is 0 Å². The molecule has 2 aromatic heterocycles. The highest BCUT2D eigenvalue weighted by Crippen LogP contribution is 2.12. The Morgan fingerprint density at radius 1 is 1.17 bits per heavy atom. The molecule has 0 aliphatic carbocycles. The molecule has 5 nitrogen and oxygen atoms in total. The van der Waals surface area contributed by atoms with E-state index in [2.05, 4.69) is 4.98 Å². The largest absolute Gasteiger partial charge is 0.493 e. The van der Waals surface area contributed by atoms with E-state index in [1.807, 2.05) is 67.0 Å². The Hall–Kier alpha value is -2.82. The predicted molar refractivity (Wildman–Crippen MR) is 91.0 cm³/mol. The van der Waals surface area contributed by atoms with Gasteiger partial charge in [-0.1, -0.05) is 23.8 Å². The highest BCUT2D eigenvalue weighted by Gasteiger charge is 2.08. The number of esters is 1. The Balaban J connectivity index is 1.46. The second-order valence-corrected chi connectivity index (χ2v) is 5.73. The van der Waals surface area contributed by atoms with Crippen molar-refractivity contribution in [2.24, 2.45) is 0 Å². The Bertz CT molecular complexity index is 837. The molecule has 3 rings (SSSR count). The Morgan fingerprint density at radius 2 is 1.96 bits per heavy atom. The summed E-state index contributed by atoms with van der Waals surface area (Å²) in [5.74, 6) is 0.458. The molecule has 0 bridgehead atoms. The Kier molecular flexibility index (Phi) is 4.79. The van der Waals surface area contributed by atoms with Gasteiger partial charge in [-0.25, -0.2) is 4.98 Å². The molecule has 0 saturated heterocycles. The molecule has 0 unspecified atom stereocenters. The number of rotatable bonds is 6. The van der Waals surface area contributed by atoms with Crippen molar-refractivity contribution in [2.75, 3.05) is 6.61 Å².